The number of hydrogen-bond acceptors (Lipinski definition) is 10. The van der Waals surface area contributed by atoms with E-state index in [0.717, 1.165) is 0 Å². The molecule has 1 aliphatic rings. The number of nitriles is 1. The lowest BCUT2D eigenvalue weighted by molar-refractivity contribution is -0.123. The predicted octanol–water partition coefficient (Wildman–Crippen LogP) is 0.676. The number of esters is 1. The van der Waals surface area contributed by atoms with Crippen molar-refractivity contribution in [1.29, 1.82) is 5.26 Å². The second-order valence-corrected chi connectivity index (χ2v) is 8.30. The third-order valence-electron chi connectivity index (χ3n) is 4.48. The Kier molecular flexibility index (Phi) is 5.75. The molecule has 3 heterocycles. The van der Waals surface area contributed by atoms with Gasteiger partial charge in [0.1, 0.15) is 17.6 Å². The van der Waals surface area contributed by atoms with Crippen LogP contribution in [0.3, 0.4) is 0 Å². The van der Waals surface area contributed by atoms with Crippen molar-refractivity contribution >= 4 is 27.7 Å². The average Bonchev–Trinajstić information content (AvgIpc) is 3.08. The maximum Gasteiger partial charge on any atom is 0.340 e. The second-order valence-electron chi connectivity index (χ2n) is 6.67. The van der Waals surface area contributed by atoms with E-state index in [4.69, 9.17) is 9.26 Å². The molecule has 1 N–H and O–H groups in total. The van der Waals surface area contributed by atoms with Crippen molar-refractivity contribution < 1.29 is 27.3 Å². The molecule has 0 aliphatic carbocycles. The Balaban J connectivity index is 1.70. The Labute approximate surface area is 172 Å². The molecular weight excluding hydrogens is 414 g/mol. The van der Waals surface area contributed by atoms with Crippen LogP contribution < -0.4 is 9.62 Å². The van der Waals surface area contributed by atoms with Gasteiger partial charge in [0.25, 0.3) is 10.0 Å². The molecular formula is C18H19N5O6S. The van der Waals surface area contributed by atoms with E-state index in [2.05, 4.69) is 10.1 Å². The minimum Gasteiger partial charge on any atom is -0.462 e. The van der Waals surface area contributed by atoms with E-state index in [-0.39, 0.29) is 35.8 Å². The van der Waals surface area contributed by atoms with Gasteiger partial charge in [0, 0.05) is 19.2 Å². The van der Waals surface area contributed by atoms with E-state index < -0.39 is 27.8 Å². The summed E-state index contributed by atoms with van der Waals surface area (Å²) in [6, 6.07) is 4.60. The smallest absolute Gasteiger partial charge is 0.340 e. The van der Waals surface area contributed by atoms with Crippen molar-refractivity contribution in [2.24, 2.45) is 5.92 Å². The highest BCUT2D eigenvalue weighted by atomic mass is 32.2. The molecule has 3 rings (SSSR count). The zero-order valence-corrected chi connectivity index (χ0v) is 17.3. The number of pyridine rings is 1. The van der Waals surface area contributed by atoms with Crippen LogP contribution in [0.2, 0.25) is 0 Å². The Morgan fingerprint density at radius 2 is 2.07 bits per heavy atom. The number of nitrogens with zero attached hydrogens (tertiary/aromatic N) is 4. The summed E-state index contributed by atoms with van der Waals surface area (Å²) in [7, 11) is -4.12. The number of aryl methyl sites for hydroxylation is 2. The van der Waals surface area contributed by atoms with Crippen molar-refractivity contribution in [3.8, 4) is 6.07 Å². The van der Waals surface area contributed by atoms with Gasteiger partial charge in [0.05, 0.1) is 29.3 Å². The first-order valence-corrected chi connectivity index (χ1v) is 10.5. The van der Waals surface area contributed by atoms with Gasteiger partial charge in [-0.3, -0.25) is 4.79 Å². The van der Waals surface area contributed by atoms with Crippen LogP contribution in [-0.2, 0) is 19.6 Å². The largest absolute Gasteiger partial charge is 0.462 e. The predicted molar refractivity (Wildman–Crippen MR) is 102 cm³/mol. The Morgan fingerprint density at radius 3 is 2.63 bits per heavy atom. The average molecular weight is 433 g/mol. The molecule has 0 spiro atoms. The summed E-state index contributed by atoms with van der Waals surface area (Å²) >= 11 is 0. The zero-order chi connectivity index (χ0) is 22.1. The number of nitrogens with one attached hydrogen (secondary N) is 1. The number of ether oxygens (including phenoxy) is 1. The lowest BCUT2D eigenvalue weighted by Crippen LogP contribution is -2.55. The van der Waals surface area contributed by atoms with E-state index in [1.54, 1.807) is 18.7 Å². The molecule has 2 aromatic rings. The Morgan fingerprint density at radius 1 is 1.37 bits per heavy atom. The lowest BCUT2D eigenvalue weighted by atomic mass is 9.98. The van der Waals surface area contributed by atoms with Gasteiger partial charge in [-0.2, -0.15) is 13.7 Å². The fraction of sp³-hybridized carbons (Fsp3) is 0.389. The molecule has 1 fully saturated rings. The number of aromatic nitrogens is 2. The molecule has 0 unspecified atom stereocenters. The third-order valence-corrected chi connectivity index (χ3v) is 5.69. The van der Waals surface area contributed by atoms with Crippen molar-refractivity contribution in [3.05, 3.63) is 34.7 Å². The van der Waals surface area contributed by atoms with Gasteiger partial charge in [-0.05, 0) is 26.8 Å². The molecule has 11 nitrogen and oxygen atoms in total. The van der Waals surface area contributed by atoms with Gasteiger partial charge < -0.3 is 14.2 Å². The Hall–Kier alpha value is -3.46. The molecule has 0 radical (unpaired) electrons. The summed E-state index contributed by atoms with van der Waals surface area (Å²) in [5.74, 6) is -1.26. The second kappa shape index (κ2) is 8.11. The number of rotatable bonds is 6. The monoisotopic (exact) mass is 433 g/mol. The molecule has 1 saturated heterocycles. The van der Waals surface area contributed by atoms with Gasteiger partial charge in [-0.1, -0.05) is 5.16 Å². The number of anilines is 1. The van der Waals surface area contributed by atoms with Crippen molar-refractivity contribution in [3.63, 3.8) is 0 Å². The van der Waals surface area contributed by atoms with Crippen molar-refractivity contribution in [1.82, 2.24) is 14.9 Å². The van der Waals surface area contributed by atoms with Crippen LogP contribution in [0.15, 0.2) is 21.7 Å². The van der Waals surface area contributed by atoms with Crippen LogP contribution in [0.4, 0.5) is 5.82 Å². The van der Waals surface area contributed by atoms with E-state index >= 15 is 0 Å². The standard InChI is InChI=1S/C18H19N5O6S/c1-4-28-18(25)14-6-12(7-19)16(20-11(14)3)23-8-13(9-23)17(24)22-30(26,27)15-5-10(2)29-21-15/h5-6,13H,4,8-9H2,1-3H3,(H,22,24). The quantitative estimate of drug-likeness (QED) is 0.643. The topological polar surface area (TPSA) is 155 Å². The summed E-state index contributed by atoms with van der Waals surface area (Å²) in [6.45, 7) is 5.36. The number of carbonyl (C=O) groups excluding carboxylic acids is 2. The van der Waals surface area contributed by atoms with Crippen LogP contribution in [0.1, 0.15) is 34.3 Å². The molecule has 0 bridgehead atoms. The molecule has 1 aliphatic heterocycles. The van der Waals surface area contributed by atoms with Gasteiger partial charge in [0.2, 0.25) is 10.9 Å². The first-order chi connectivity index (χ1) is 14.2. The normalized spacial score (nSPS) is 14.0. The SMILES string of the molecule is CCOC(=O)c1cc(C#N)c(N2CC(C(=O)NS(=O)(=O)c3cc(C)on3)C2)nc1C. The number of amides is 1. The lowest BCUT2D eigenvalue weighted by Gasteiger charge is -2.39. The maximum atomic E-state index is 12.3. The molecule has 0 atom stereocenters. The van der Waals surface area contributed by atoms with Gasteiger partial charge in [-0.25, -0.2) is 14.5 Å². The minimum absolute atomic E-state index is 0.160. The van der Waals surface area contributed by atoms with Crippen molar-refractivity contribution in [2.75, 3.05) is 24.6 Å². The summed E-state index contributed by atoms with van der Waals surface area (Å²) in [6.07, 6.45) is 0. The summed E-state index contributed by atoms with van der Waals surface area (Å²) in [4.78, 5) is 30.3. The van der Waals surface area contributed by atoms with Crippen LogP contribution in [0.25, 0.3) is 0 Å². The minimum atomic E-state index is -4.12. The van der Waals surface area contributed by atoms with E-state index in [0.29, 0.717) is 17.3 Å². The highest BCUT2D eigenvalue weighted by molar-refractivity contribution is 7.90. The van der Waals surface area contributed by atoms with E-state index in [1.807, 2.05) is 10.8 Å². The Bertz CT molecular complexity index is 1140. The van der Waals surface area contributed by atoms with Gasteiger partial charge in [0.15, 0.2) is 0 Å². The summed E-state index contributed by atoms with van der Waals surface area (Å²) in [5.41, 5.74) is 0.744. The van der Waals surface area contributed by atoms with Crippen molar-refractivity contribution in [2.45, 2.75) is 25.8 Å². The fourth-order valence-electron chi connectivity index (χ4n) is 2.89. The first kappa shape index (κ1) is 21.3. The molecule has 158 valence electrons. The zero-order valence-electron chi connectivity index (χ0n) is 16.5. The number of carbonyl (C=O) groups is 2. The number of sulfonamides is 1. The first-order valence-electron chi connectivity index (χ1n) is 9.00. The highest BCUT2D eigenvalue weighted by Crippen LogP contribution is 2.28. The molecule has 0 saturated carbocycles. The molecule has 1 amide bonds. The highest BCUT2D eigenvalue weighted by Gasteiger charge is 2.37. The fourth-order valence-corrected chi connectivity index (χ4v) is 3.88. The van der Waals surface area contributed by atoms with Crippen LogP contribution >= 0.6 is 0 Å². The van der Waals surface area contributed by atoms with E-state index in [1.165, 1.54) is 19.1 Å². The molecule has 2 aromatic heterocycles. The third kappa shape index (κ3) is 4.11. The molecule has 0 aromatic carbocycles. The van der Waals surface area contributed by atoms with Gasteiger partial charge in [-0.15, -0.1) is 0 Å². The van der Waals surface area contributed by atoms with Gasteiger partial charge >= 0.3 is 5.97 Å². The molecule has 12 heteroatoms. The summed E-state index contributed by atoms with van der Waals surface area (Å²) < 4.78 is 36.0. The molecule has 30 heavy (non-hydrogen) atoms. The maximum absolute atomic E-state index is 12.3. The summed E-state index contributed by atoms with van der Waals surface area (Å²) in [5, 5.41) is 12.5. The van der Waals surface area contributed by atoms with Crippen LogP contribution in [-0.4, -0.2) is 50.1 Å². The van der Waals surface area contributed by atoms with Crippen LogP contribution in [0.5, 0.6) is 0 Å². The van der Waals surface area contributed by atoms with E-state index in [9.17, 15) is 23.3 Å². The number of hydrogen-bond donors (Lipinski definition) is 1. The van der Waals surface area contributed by atoms with Crippen LogP contribution in [0, 0.1) is 31.1 Å².